The first-order valence-electron chi connectivity index (χ1n) is 6.60. The van der Waals surface area contributed by atoms with Gasteiger partial charge >= 0.3 is 0 Å². The van der Waals surface area contributed by atoms with Crippen LogP contribution in [0.5, 0.6) is 0 Å². The van der Waals surface area contributed by atoms with Gasteiger partial charge in [-0.3, -0.25) is 0 Å². The van der Waals surface area contributed by atoms with E-state index in [9.17, 15) is 0 Å². The highest BCUT2D eigenvalue weighted by Gasteiger charge is 2.21. The van der Waals surface area contributed by atoms with Crippen molar-refractivity contribution in [1.29, 1.82) is 0 Å². The molecule has 1 fully saturated rings. The lowest BCUT2D eigenvalue weighted by Crippen LogP contribution is -2.37. The summed E-state index contributed by atoms with van der Waals surface area (Å²) < 4.78 is 0. The van der Waals surface area contributed by atoms with Crippen molar-refractivity contribution in [2.75, 3.05) is 20.1 Å². The molecule has 90 valence electrons. The first-order chi connectivity index (χ1) is 7.17. The summed E-state index contributed by atoms with van der Waals surface area (Å²) in [6, 6.07) is 1.62. The Morgan fingerprint density at radius 3 is 2.33 bits per heavy atom. The monoisotopic (exact) mass is 212 g/mol. The van der Waals surface area contributed by atoms with Crippen molar-refractivity contribution in [3.8, 4) is 0 Å². The lowest BCUT2D eigenvalue weighted by molar-refractivity contribution is 0.199. The van der Waals surface area contributed by atoms with Crippen molar-refractivity contribution in [2.45, 2.75) is 58.5 Å². The van der Waals surface area contributed by atoms with Crippen molar-refractivity contribution < 1.29 is 0 Å². The Bertz CT molecular complexity index is 162. The fourth-order valence-electron chi connectivity index (χ4n) is 2.27. The Morgan fingerprint density at radius 2 is 1.87 bits per heavy atom. The predicted molar refractivity (Wildman–Crippen MR) is 67.2 cm³/mol. The molecule has 1 aliphatic carbocycles. The second-order valence-corrected chi connectivity index (χ2v) is 5.20. The number of hydrogen-bond donors (Lipinski definition) is 1. The van der Waals surface area contributed by atoms with Crippen molar-refractivity contribution in [3.63, 3.8) is 0 Å². The van der Waals surface area contributed by atoms with Gasteiger partial charge in [0.15, 0.2) is 0 Å². The maximum Gasteiger partial charge on any atom is 0.00870 e. The summed E-state index contributed by atoms with van der Waals surface area (Å²) >= 11 is 0. The van der Waals surface area contributed by atoms with E-state index in [1.165, 1.54) is 38.8 Å². The highest BCUT2D eigenvalue weighted by Crippen LogP contribution is 2.19. The van der Waals surface area contributed by atoms with Crippen LogP contribution in [0.25, 0.3) is 0 Å². The van der Waals surface area contributed by atoms with Crippen LogP contribution in [0.4, 0.5) is 0 Å². The Kier molecular flexibility index (Phi) is 5.62. The summed E-state index contributed by atoms with van der Waals surface area (Å²) in [7, 11) is 2.27. The molecular formula is C13H28N2. The van der Waals surface area contributed by atoms with Gasteiger partial charge in [0.25, 0.3) is 0 Å². The predicted octanol–water partition coefficient (Wildman–Crippen LogP) is 2.49. The van der Waals surface area contributed by atoms with Crippen LogP contribution in [0.3, 0.4) is 0 Å². The van der Waals surface area contributed by atoms with Gasteiger partial charge in [-0.25, -0.2) is 0 Å². The molecule has 0 aliphatic heterocycles. The van der Waals surface area contributed by atoms with E-state index >= 15 is 0 Å². The minimum atomic E-state index is 0.772. The van der Waals surface area contributed by atoms with Gasteiger partial charge < -0.3 is 10.2 Å². The first kappa shape index (κ1) is 13.0. The van der Waals surface area contributed by atoms with Gasteiger partial charge in [0, 0.05) is 18.6 Å². The quantitative estimate of drug-likeness (QED) is 0.665. The van der Waals surface area contributed by atoms with E-state index in [1.807, 2.05) is 0 Å². The zero-order valence-corrected chi connectivity index (χ0v) is 10.9. The zero-order valence-electron chi connectivity index (χ0n) is 10.9. The third-order valence-corrected chi connectivity index (χ3v) is 3.50. The van der Waals surface area contributed by atoms with Crippen molar-refractivity contribution in [3.05, 3.63) is 0 Å². The van der Waals surface area contributed by atoms with Gasteiger partial charge in [-0.2, -0.15) is 0 Å². The third kappa shape index (κ3) is 4.98. The average molecular weight is 212 g/mol. The Balaban J connectivity index is 2.13. The minimum Gasteiger partial charge on any atom is -0.314 e. The molecule has 1 atom stereocenters. The third-order valence-electron chi connectivity index (χ3n) is 3.50. The van der Waals surface area contributed by atoms with Crippen LogP contribution in [-0.2, 0) is 0 Å². The normalized spacial score (nSPS) is 18.8. The summed E-state index contributed by atoms with van der Waals surface area (Å²) in [6.07, 6.45) is 5.34. The van der Waals surface area contributed by atoms with E-state index in [0.717, 1.165) is 18.0 Å². The van der Waals surface area contributed by atoms with Gasteiger partial charge in [0.05, 0.1) is 0 Å². The van der Waals surface area contributed by atoms with Crippen LogP contribution in [0.15, 0.2) is 0 Å². The lowest BCUT2D eigenvalue weighted by atomic mass is 10.1. The molecule has 0 aromatic heterocycles. The van der Waals surface area contributed by atoms with Crippen LogP contribution in [0, 0.1) is 5.92 Å². The van der Waals surface area contributed by atoms with Gasteiger partial charge in [-0.05, 0) is 45.2 Å². The van der Waals surface area contributed by atoms with Crippen LogP contribution in [0.2, 0.25) is 0 Å². The lowest BCUT2D eigenvalue weighted by Gasteiger charge is -2.28. The maximum atomic E-state index is 3.61. The maximum absolute atomic E-state index is 3.61. The van der Waals surface area contributed by atoms with Crippen molar-refractivity contribution >= 4 is 0 Å². The summed E-state index contributed by atoms with van der Waals surface area (Å²) in [6.45, 7) is 9.35. The Morgan fingerprint density at radius 1 is 1.27 bits per heavy atom. The van der Waals surface area contributed by atoms with Gasteiger partial charge in [-0.15, -0.1) is 0 Å². The minimum absolute atomic E-state index is 0.772. The highest BCUT2D eigenvalue weighted by molar-refractivity contribution is 4.81. The zero-order chi connectivity index (χ0) is 11.3. The number of nitrogens with zero attached hydrogens (tertiary/aromatic N) is 1. The second kappa shape index (κ2) is 6.49. The highest BCUT2D eigenvalue weighted by atomic mass is 15.1. The summed E-state index contributed by atoms with van der Waals surface area (Å²) in [5.74, 6) is 0.774. The smallest absolute Gasteiger partial charge is 0.00870 e. The van der Waals surface area contributed by atoms with Crippen LogP contribution in [0.1, 0.15) is 46.5 Å². The Labute approximate surface area is 95.4 Å². The van der Waals surface area contributed by atoms with E-state index < -0.39 is 0 Å². The molecule has 0 spiro atoms. The molecule has 0 heterocycles. The molecule has 1 N–H and O–H groups in total. The molecule has 1 rings (SSSR count). The van der Waals surface area contributed by atoms with Gasteiger partial charge in [-0.1, -0.05) is 20.8 Å². The number of rotatable bonds is 8. The molecule has 1 aliphatic rings. The summed E-state index contributed by atoms with van der Waals surface area (Å²) in [5, 5.41) is 3.61. The molecule has 1 saturated carbocycles. The van der Waals surface area contributed by atoms with E-state index in [0.29, 0.717) is 0 Å². The van der Waals surface area contributed by atoms with Crippen molar-refractivity contribution in [1.82, 2.24) is 10.2 Å². The van der Waals surface area contributed by atoms with E-state index in [4.69, 9.17) is 0 Å². The van der Waals surface area contributed by atoms with Crippen LogP contribution < -0.4 is 5.32 Å². The summed E-state index contributed by atoms with van der Waals surface area (Å²) in [4.78, 5) is 2.53. The van der Waals surface area contributed by atoms with Crippen LogP contribution in [-0.4, -0.2) is 37.1 Å². The molecular weight excluding hydrogens is 184 g/mol. The SMILES string of the molecule is CCC(CC)N(C)CC(C)CNC1CC1. The van der Waals surface area contributed by atoms with Crippen LogP contribution >= 0.6 is 0 Å². The molecule has 0 saturated heterocycles. The topological polar surface area (TPSA) is 15.3 Å². The fraction of sp³-hybridized carbons (Fsp3) is 1.00. The number of hydrogen-bond acceptors (Lipinski definition) is 2. The first-order valence-corrected chi connectivity index (χ1v) is 6.60. The summed E-state index contributed by atoms with van der Waals surface area (Å²) in [5.41, 5.74) is 0. The fourth-order valence-corrected chi connectivity index (χ4v) is 2.27. The van der Waals surface area contributed by atoms with Gasteiger partial charge in [0.1, 0.15) is 0 Å². The molecule has 0 radical (unpaired) electrons. The number of nitrogens with one attached hydrogen (secondary N) is 1. The molecule has 2 heteroatoms. The molecule has 0 amide bonds. The van der Waals surface area contributed by atoms with E-state index in [1.54, 1.807) is 0 Å². The largest absolute Gasteiger partial charge is 0.314 e. The van der Waals surface area contributed by atoms with Gasteiger partial charge in [0.2, 0.25) is 0 Å². The molecule has 0 bridgehead atoms. The average Bonchev–Trinajstić information content (AvgIpc) is 3.00. The molecule has 0 aromatic carbocycles. The Hall–Kier alpha value is -0.0800. The van der Waals surface area contributed by atoms with E-state index in [-0.39, 0.29) is 0 Å². The second-order valence-electron chi connectivity index (χ2n) is 5.20. The van der Waals surface area contributed by atoms with E-state index in [2.05, 4.69) is 38.0 Å². The standard InChI is InChI=1S/C13H28N2/c1-5-13(6-2)15(4)10-11(3)9-14-12-7-8-12/h11-14H,5-10H2,1-4H3. The molecule has 0 aromatic rings. The molecule has 1 unspecified atom stereocenters. The molecule has 2 nitrogen and oxygen atoms in total. The van der Waals surface area contributed by atoms with Crippen molar-refractivity contribution in [2.24, 2.45) is 5.92 Å². The molecule has 15 heavy (non-hydrogen) atoms.